The van der Waals surface area contributed by atoms with Crippen LogP contribution < -0.4 is 10.1 Å². The van der Waals surface area contributed by atoms with Gasteiger partial charge >= 0.3 is 5.97 Å². The molecule has 0 radical (unpaired) electrons. The van der Waals surface area contributed by atoms with Crippen molar-refractivity contribution in [3.8, 4) is 11.5 Å². The highest BCUT2D eigenvalue weighted by molar-refractivity contribution is 5.72. The predicted molar refractivity (Wildman–Crippen MR) is 103 cm³/mol. The van der Waals surface area contributed by atoms with Gasteiger partial charge in [-0.05, 0) is 54.8 Å². The first-order valence-electron chi connectivity index (χ1n) is 9.14. The van der Waals surface area contributed by atoms with Crippen LogP contribution in [-0.2, 0) is 17.8 Å². The molecule has 0 spiro atoms. The van der Waals surface area contributed by atoms with E-state index in [1.54, 1.807) is 18.2 Å². The fourth-order valence-corrected chi connectivity index (χ4v) is 2.68. The third-order valence-corrected chi connectivity index (χ3v) is 4.17. The van der Waals surface area contributed by atoms with Crippen LogP contribution in [0, 0.1) is 0 Å². The number of rotatable bonds is 10. The number of aliphatic hydroxyl groups is 2. The Balaban J connectivity index is 1.80. The van der Waals surface area contributed by atoms with Crippen LogP contribution in [-0.4, -0.2) is 34.4 Å². The average Bonchev–Trinajstić information content (AvgIpc) is 2.66. The van der Waals surface area contributed by atoms with Crippen LogP contribution >= 0.6 is 0 Å². The van der Waals surface area contributed by atoms with Gasteiger partial charge in [0.2, 0.25) is 0 Å². The van der Waals surface area contributed by atoms with Gasteiger partial charge in [0.15, 0.2) is 0 Å². The second kappa shape index (κ2) is 10.7. The number of hydrogen-bond acceptors (Lipinski definition) is 6. The smallest absolute Gasteiger partial charge is 0.311 e. The molecule has 0 fully saturated rings. The first-order chi connectivity index (χ1) is 13.0. The molecule has 2 aromatic rings. The fourth-order valence-electron chi connectivity index (χ4n) is 2.68. The second-order valence-electron chi connectivity index (χ2n) is 6.39. The Morgan fingerprint density at radius 3 is 2.78 bits per heavy atom. The molecule has 0 unspecified atom stereocenters. The molecule has 0 heterocycles. The molecule has 1 atom stereocenters. The van der Waals surface area contributed by atoms with E-state index < -0.39 is 6.10 Å². The van der Waals surface area contributed by atoms with Crippen LogP contribution in [0.5, 0.6) is 11.5 Å². The van der Waals surface area contributed by atoms with Gasteiger partial charge in [-0.1, -0.05) is 25.1 Å². The number of aliphatic hydroxyl groups excluding tert-OH is 2. The molecule has 2 rings (SSSR count). The molecule has 0 bridgehead atoms. The van der Waals surface area contributed by atoms with Gasteiger partial charge in [-0.3, -0.25) is 4.79 Å². The molecule has 6 heteroatoms. The third kappa shape index (κ3) is 6.67. The van der Waals surface area contributed by atoms with Crippen molar-refractivity contribution in [1.29, 1.82) is 0 Å². The first-order valence-corrected chi connectivity index (χ1v) is 9.14. The summed E-state index contributed by atoms with van der Waals surface area (Å²) in [7, 11) is 0. The monoisotopic (exact) mass is 373 g/mol. The minimum absolute atomic E-state index is 0.0147. The minimum atomic E-state index is -0.739. The Labute approximate surface area is 159 Å². The van der Waals surface area contributed by atoms with E-state index in [2.05, 4.69) is 5.32 Å². The number of carbonyl (C=O) groups excluding carboxylic acids is 1. The zero-order valence-corrected chi connectivity index (χ0v) is 15.5. The number of hydrogen-bond donors (Lipinski definition) is 4. The Hall–Kier alpha value is -2.41. The van der Waals surface area contributed by atoms with Crippen molar-refractivity contribution < 1.29 is 24.9 Å². The van der Waals surface area contributed by atoms with Gasteiger partial charge in [0.1, 0.15) is 11.5 Å². The molecule has 0 aliphatic heterocycles. The molecule has 27 heavy (non-hydrogen) atoms. The Morgan fingerprint density at radius 2 is 2.04 bits per heavy atom. The molecular weight excluding hydrogens is 346 g/mol. The van der Waals surface area contributed by atoms with Crippen LogP contribution in [0.25, 0.3) is 0 Å². The summed E-state index contributed by atoms with van der Waals surface area (Å²) in [5, 5.41) is 32.2. The topological polar surface area (TPSA) is 99.0 Å². The summed E-state index contributed by atoms with van der Waals surface area (Å²) in [5.74, 6) is 0.333. The summed E-state index contributed by atoms with van der Waals surface area (Å²) in [6.07, 6.45) is 1.14. The molecule has 0 aliphatic carbocycles. The number of nitrogens with one attached hydrogen (secondary N) is 1. The largest absolute Gasteiger partial charge is 0.508 e. The molecule has 2 aromatic carbocycles. The lowest BCUT2D eigenvalue weighted by molar-refractivity contribution is -0.134. The summed E-state index contributed by atoms with van der Waals surface area (Å²) < 4.78 is 5.29. The van der Waals surface area contributed by atoms with Gasteiger partial charge in [0, 0.05) is 18.5 Å². The lowest BCUT2D eigenvalue weighted by Gasteiger charge is -2.14. The second-order valence-corrected chi connectivity index (χ2v) is 6.39. The molecule has 0 aliphatic rings. The van der Waals surface area contributed by atoms with E-state index >= 15 is 0 Å². The number of ether oxygens (including phenoxy) is 1. The van der Waals surface area contributed by atoms with Gasteiger partial charge in [0.25, 0.3) is 0 Å². The van der Waals surface area contributed by atoms with Crippen LogP contribution in [0.15, 0.2) is 42.5 Å². The zero-order chi connectivity index (χ0) is 19.6. The number of aromatic hydroxyl groups is 1. The van der Waals surface area contributed by atoms with Crippen molar-refractivity contribution in [1.82, 2.24) is 5.32 Å². The Bertz CT molecular complexity index is 747. The maximum atomic E-state index is 11.6. The lowest BCUT2D eigenvalue weighted by Crippen LogP contribution is -2.23. The van der Waals surface area contributed by atoms with Crippen LogP contribution in [0.3, 0.4) is 0 Å². The number of esters is 1. The molecule has 0 amide bonds. The van der Waals surface area contributed by atoms with Gasteiger partial charge in [0.05, 0.1) is 12.7 Å². The van der Waals surface area contributed by atoms with E-state index in [-0.39, 0.29) is 18.3 Å². The fraction of sp³-hybridized carbons (Fsp3) is 0.381. The van der Waals surface area contributed by atoms with E-state index in [0.717, 1.165) is 18.4 Å². The standard InChI is InChI=1S/C21H27NO5/c1-2-4-21(26)27-18-6-3-5-15(11-18)9-10-22-13-20(25)16-7-8-19(24)17(12-16)14-23/h3,5-8,11-12,20,22-25H,2,4,9-10,13-14H2,1H3/t20-/m0/s1. The molecule has 0 aromatic heterocycles. The molecule has 4 N–H and O–H groups in total. The highest BCUT2D eigenvalue weighted by Crippen LogP contribution is 2.22. The third-order valence-electron chi connectivity index (χ3n) is 4.17. The van der Waals surface area contributed by atoms with E-state index in [1.807, 2.05) is 25.1 Å². The summed E-state index contributed by atoms with van der Waals surface area (Å²) >= 11 is 0. The van der Waals surface area contributed by atoms with E-state index in [0.29, 0.717) is 36.4 Å². The Kier molecular flexibility index (Phi) is 8.26. The van der Waals surface area contributed by atoms with E-state index in [1.165, 1.54) is 6.07 Å². The summed E-state index contributed by atoms with van der Waals surface area (Å²) in [5.41, 5.74) is 2.06. The van der Waals surface area contributed by atoms with Crippen molar-refractivity contribution in [3.05, 3.63) is 59.2 Å². The minimum Gasteiger partial charge on any atom is -0.508 e. The van der Waals surface area contributed by atoms with E-state index in [9.17, 15) is 20.1 Å². The maximum Gasteiger partial charge on any atom is 0.311 e. The van der Waals surface area contributed by atoms with Crippen LogP contribution in [0.2, 0.25) is 0 Å². The zero-order valence-electron chi connectivity index (χ0n) is 15.5. The van der Waals surface area contributed by atoms with Crippen molar-refractivity contribution in [2.75, 3.05) is 13.1 Å². The summed E-state index contributed by atoms with van der Waals surface area (Å²) in [6, 6.07) is 12.1. The van der Waals surface area contributed by atoms with Gasteiger partial charge in [-0.2, -0.15) is 0 Å². The number of benzene rings is 2. The average molecular weight is 373 g/mol. The highest BCUT2D eigenvalue weighted by atomic mass is 16.5. The predicted octanol–water partition coefficient (Wildman–Crippen LogP) is 2.46. The van der Waals surface area contributed by atoms with Crippen molar-refractivity contribution in [3.63, 3.8) is 0 Å². The summed E-state index contributed by atoms with van der Waals surface area (Å²) in [4.78, 5) is 11.6. The lowest BCUT2D eigenvalue weighted by atomic mass is 10.1. The highest BCUT2D eigenvalue weighted by Gasteiger charge is 2.10. The van der Waals surface area contributed by atoms with Crippen LogP contribution in [0.4, 0.5) is 0 Å². The van der Waals surface area contributed by atoms with Gasteiger partial charge < -0.3 is 25.4 Å². The van der Waals surface area contributed by atoms with Crippen molar-refractivity contribution in [2.24, 2.45) is 0 Å². The molecule has 0 saturated carbocycles. The quantitative estimate of drug-likeness (QED) is 0.290. The SMILES string of the molecule is CCCC(=O)Oc1cccc(CCNC[C@H](O)c2ccc(O)c(CO)c2)c1. The van der Waals surface area contributed by atoms with Gasteiger partial charge in [-0.25, -0.2) is 0 Å². The number of phenols is 1. The van der Waals surface area contributed by atoms with Gasteiger partial charge in [-0.15, -0.1) is 0 Å². The van der Waals surface area contributed by atoms with E-state index in [4.69, 9.17) is 4.74 Å². The first kappa shape index (κ1) is 20.9. The molecule has 0 saturated heterocycles. The molecular formula is C21H27NO5. The maximum absolute atomic E-state index is 11.6. The normalized spacial score (nSPS) is 12.0. The Morgan fingerprint density at radius 1 is 1.22 bits per heavy atom. The summed E-state index contributed by atoms with van der Waals surface area (Å²) in [6.45, 7) is 2.65. The van der Waals surface area contributed by atoms with Crippen molar-refractivity contribution >= 4 is 5.97 Å². The molecule has 146 valence electrons. The van der Waals surface area contributed by atoms with Crippen LogP contribution in [0.1, 0.15) is 42.6 Å². The number of carbonyl (C=O) groups is 1. The molecule has 6 nitrogen and oxygen atoms in total. The van der Waals surface area contributed by atoms with Crippen molar-refractivity contribution in [2.45, 2.75) is 38.9 Å².